The number of hydrogen-bond acceptors (Lipinski definition) is 2. The summed E-state index contributed by atoms with van der Waals surface area (Å²) in [6.07, 6.45) is 0. The number of benzene rings is 2. The van der Waals surface area contributed by atoms with Crippen LogP contribution in [-0.2, 0) is 19.5 Å². The normalized spacial score (nSPS) is 27.6. The molecule has 0 N–H and O–H groups in total. The predicted molar refractivity (Wildman–Crippen MR) is 176 cm³/mol. The maximum Gasteiger partial charge on any atom is 0.185 e. The maximum atomic E-state index is 7.66. The molecule has 0 bridgehead atoms. The van der Waals surface area contributed by atoms with E-state index in [1.165, 1.54) is 11.1 Å². The fourth-order valence-corrected chi connectivity index (χ4v) is 61.5. The topological polar surface area (TPSA) is 18.5 Å². The standard InChI is InChI=1S/C26H44Cl2O2P2Si4/c1-33(2,3)29-25(21-13-17-23(27)18-14-21)26(30-34(4,5)6,22-15-19-24(28)20-16-22)32(36(10,11)12)31(25)35(7,8)9/h13-20H,1-12H3. The van der Waals surface area contributed by atoms with Gasteiger partial charge < -0.3 is 8.85 Å². The van der Waals surface area contributed by atoms with Gasteiger partial charge in [-0.05, 0) is 74.7 Å². The molecular formula is C26H44Cl2O2P2Si4. The number of rotatable bonds is 8. The summed E-state index contributed by atoms with van der Waals surface area (Å²) in [6, 6.07) is 17.1. The van der Waals surface area contributed by atoms with Crippen LogP contribution < -0.4 is 0 Å². The Balaban J connectivity index is 2.57. The lowest BCUT2D eigenvalue weighted by atomic mass is 9.96. The van der Waals surface area contributed by atoms with E-state index < -0.39 is 57.1 Å². The van der Waals surface area contributed by atoms with Gasteiger partial charge in [0.15, 0.2) is 16.6 Å². The minimum atomic E-state index is -2.04. The molecule has 1 aliphatic rings. The monoisotopic (exact) mass is 632 g/mol. The van der Waals surface area contributed by atoms with Gasteiger partial charge in [0.25, 0.3) is 0 Å². The van der Waals surface area contributed by atoms with Crippen LogP contribution in [0.1, 0.15) is 11.1 Å². The average Bonchev–Trinajstić information content (AvgIpc) is 2.66. The Bertz CT molecular complexity index is 987. The second-order valence-electron chi connectivity index (χ2n) is 13.7. The van der Waals surface area contributed by atoms with Crippen molar-refractivity contribution in [2.45, 2.75) is 89.2 Å². The Morgan fingerprint density at radius 2 is 0.750 bits per heavy atom. The van der Waals surface area contributed by atoms with Crippen molar-refractivity contribution in [2.24, 2.45) is 0 Å². The van der Waals surface area contributed by atoms with E-state index in [0.29, 0.717) is 0 Å². The summed E-state index contributed by atoms with van der Waals surface area (Å²) in [6.45, 7) is 29.4. The van der Waals surface area contributed by atoms with Gasteiger partial charge in [-0.25, -0.2) is 0 Å². The summed E-state index contributed by atoms with van der Waals surface area (Å²) >= 11 is 12.9. The van der Waals surface area contributed by atoms with Crippen LogP contribution in [0.25, 0.3) is 0 Å². The van der Waals surface area contributed by atoms with E-state index in [-0.39, 0.29) is 0 Å². The van der Waals surface area contributed by atoms with Gasteiger partial charge in [0.1, 0.15) is 10.7 Å². The molecule has 2 aromatic carbocycles. The van der Waals surface area contributed by atoms with Gasteiger partial charge in [0, 0.05) is 10.0 Å². The maximum absolute atomic E-state index is 7.66. The molecule has 0 spiro atoms. The highest BCUT2D eigenvalue weighted by Gasteiger charge is 2.80. The molecule has 0 aromatic heterocycles. The van der Waals surface area contributed by atoms with E-state index in [1.807, 2.05) is 24.3 Å². The molecule has 4 atom stereocenters. The van der Waals surface area contributed by atoms with Crippen molar-refractivity contribution in [3.8, 4) is 0 Å². The fraction of sp³-hybridized carbons (Fsp3) is 0.538. The SMILES string of the molecule is C[Si](C)(C)OC1(c2ccc(Cl)cc2)P([Si](C)(C)C)P([Si](C)(C)C)C1(O[Si](C)(C)C)c1ccc(Cl)cc1. The van der Waals surface area contributed by atoms with E-state index in [1.54, 1.807) is 0 Å². The quantitative estimate of drug-likeness (QED) is 0.213. The van der Waals surface area contributed by atoms with Crippen LogP contribution in [0.2, 0.25) is 88.6 Å². The molecule has 1 fully saturated rings. The Kier molecular flexibility index (Phi) is 8.88. The van der Waals surface area contributed by atoms with Gasteiger partial charge in [-0.3, -0.25) is 0 Å². The average molecular weight is 634 g/mol. The zero-order chi connectivity index (χ0) is 27.5. The minimum absolute atomic E-state index is 0.461. The molecule has 2 nitrogen and oxygen atoms in total. The second-order valence-corrected chi connectivity index (χ2v) is 50.0. The van der Waals surface area contributed by atoms with Crippen molar-refractivity contribution in [1.29, 1.82) is 0 Å². The largest absolute Gasteiger partial charge is 0.401 e. The van der Waals surface area contributed by atoms with Crippen LogP contribution in [0, 0.1) is 0 Å². The Hall–Kier alpha value is 0.668. The third kappa shape index (κ3) is 5.89. The van der Waals surface area contributed by atoms with Crippen molar-refractivity contribution in [1.82, 2.24) is 0 Å². The van der Waals surface area contributed by atoms with Gasteiger partial charge >= 0.3 is 0 Å². The summed E-state index contributed by atoms with van der Waals surface area (Å²) in [7, 11) is -8.36. The van der Waals surface area contributed by atoms with Crippen molar-refractivity contribution in [2.75, 3.05) is 0 Å². The molecular weight excluding hydrogens is 589 g/mol. The van der Waals surface area contributed by atoms with E-state index in [4.69, 9.17) is 32.1 Å². The van der Waals surface area contributed by atoms with Gasteiger partial charge in [-0.1, -0.05) is 101 Å². The van der Waals surface area contributed by atoms with Crippen LogP contribution in [0.15, 0.2) is 48.5 Å². The molecule has 1 aliphatic heterocycles. The zero-order valence-corrected chi connectivity index (χ0v) is 31.4. The molecule has 10 heteroatoms. The molecule has 3 rings (SSSR count). The third-order valence-electron chi connectivity index (χ3n) is 5.91. The predicted octanol–water partition coefficient (Wildman–Crippen LogP) is 11.3. The lowest BCUT2D eigenvalue weighted by Gasteiger charge is -2.76. The molecule has 0 saturated carbocycles. The van der Waals surface area contributed by atoms with Crippen LogP contribution in [-0.4, -0.2) is 32.1 Å². The number of hydrogen-bond donors (Lipinski definition) is 0. The van der Waals surface area contributed by atoms with Gasteiger partial charge in [0.05, 0.1) is 15.5 Å². The van der Waals surface area contributed by atoms with Gasteiger partial charge in [-0.15, -0.1) is 0 Å². The highest BCUT2D eigenvalue weighted by atomic mass is 35.5. The number of halogens is 2. The van der Waals surface area contributed by atoms with E-state index in [9.17, 15) is 0 Å². The molecule has 36 heavy (non-hydrogen) atoms. The molecule has 200 valence electrons. The molecule has 0 aliphatic carbocycles. The second kappa shape index (κ2) is 10.3. The van der Waals surface area contributed by atoms with Gasteiger partial charge in [0.2, 0.25) is 0 Å². The van der Waals surface area contributed by atoms with Crippen LogP contribution in [0.5, 0.6) is 0 Å². The first-order chi connectivity index (χ1) is 16.2. The molecule has 4 unspecified atom stereocenters. The highest BCUT2D eigenvalue weighted by Crippen LogP contribution is 3.04. The van der Waals surface area contributed by atoms with Crippen molar-refractivity contribution in [3.63, 3.8) is 0 Å². The molecule has 1 heterocycles. The highest BCUT2D eigenvalue weighted by molar-refractivity contribution is 8.57. The summed E-state index contributed by atoms with van der Waals surface area (Å²) < 4.78 is 15.3. The minimum Gasteiger partial charge on any atom is -0.401 e. The van der Waals surface area contributed by atoms with E-state index >= 15 is 0 Å². The third-order valence-corrected chi connectivity index (χ3v) is 42.8. The summed E-state index contributed by atoms with van der Waals surface area (Å²) in [5, 5.41) is 0.521. The summed E-state index contributed by atoms with van der Waals surface area (Å²) in [5.74, 6) is 0. The lowest BCUT2D eigenvalue weighted by molar-refractivity contribution is -0.0284. The van der Waals surface area contributed by atoms with Crippen LogP contribution in [0.3, 0.4) is 0 Å². The Morgan fingerprint density at radius 3 is 0.944 bits per heavy atom. The van der Waals surface area contributed by atoms with Crippen LogP contribution >= 0.6 is 37.5 Å². The first-order valence-electron chi connectivity index (χ1n) is 12.7. The van der Waals surface area contributed by atoms with E-state index in [0.717, 1.165) is 10.0 Å². The Labute approximate surface area is 236 Å². The van der Waals surface area contributed by atoms with Crippen molar-refractivity contribution in [3.05, 3.63) is 69.7 Å². The first kappa shape index (κ1) is 31.2. The fourth-order valence-electron chi connectivity index (χ4n) is 5.29. The van der Waals surface area contributed by atoms with Gasteiger partial charge in [-0.2, -0.15) is 0 Å². The Morgan fingerprint density at radius 1 is 0.500 bits per heavy atom. The zero-order valence-electron chi connectivity index (χ0n) is 24.1. The molecule has 0 amide bonds. The first-order valence-corrected chi connectivity index (χ1v) is 32.3. The van der Waals surface area contributed by atoms with Crippen molar-refractivity contribution >= 4 is 69.6 Å². The molecule has 0 radical (unpaired) electrons. The lowest BCUT2D eigenvalue weighted by Crippen LogP contribution is -2.67. The van der Waals surface area contributed by atoms with Crippen molar-refractivity contribution < 1.29 is 8.85 Å². The molecule has 2 aromatic rings. The summed E-state index contributed by atoms with van der Waals surface area (Å²) in [5.41, 5.74) is 2.49. The van der Waals surface area contributed by atoms with Crippen LogP contribution in [0.4, 0.5) is 0 Å². The smallest absolute Gasteiger partial charge is 0.185 e. The summed E-state index contributed by atoms with van der Waals surface area (Å²) in [4.78, 5) is 0. The van der Waals surface area contributed by atoms with E-state index in [2.05, 4.69) is 103 Å². The molecule has 1 saturated heterocycles.